The number of fused-ring (bicyclic) bond motifs is 3. The van der Waals surface area contributed by atoms with E-state index >= 15 is 0 Å². The minimum absolute atomic E-state index is 0.0700. The van der Waals surface area contributed by atoms with Gasteiger partial charge in [-0.25, -0.2) is 13.1 Å². The number of ether oxygens (including phenoxy) is 1. The first kappa shape index (κ1) is 29.8. The number of sulfone groups is 1. The number of carbonyl (C=O) groups excluding carboxylic acids is 2. The van der Waals surface area contributed by atoms with E-state index in [0.717, 1.165) is 17.4 Å². The topological polar surface area (TPSA) is 140 Å². The third kappa shape index (κ3) is 7.14. The summed E-state index contributed by atoms with van der Waals surface area (Å²) in [6.07, 6.45) is -2.66. The summed E-state index contributed by atoms with van der Waals surface area (Å²) in [5.74, 6) is -1.53. The average Bonchev–Trinajstić information content (AvgIpc) is 3.31. The van der Waals surface area contributed by atoms with E-state index in [1.165, 1.54) is 4.68 Å². The largest absolute Gasteiger partial charge is 0.494 e. The van der Waals surface area contributed by atoms with Crippen molar-refractivity contribution in [2.45, 2.75) is 76.2 Å². The second kappa shape index (κ2) is 10.7. The van der Waals surface area contributed by atoms with E-state index in [2.05, 4.69) is 15.7 Å². The van der Waals surface area contributed by atoms with E-state index in [1.807, 2.05) is 0 Å². The van der Waals surface area contributed by atoms with Gasteiger partial charge in [0.05, 0.1) is 23.4 Å². The fourth-order valence-electron chi connectivity index (χ4n) is 5.15. The van der Waals surface area contributed by atoms with Crippen molar-refractivity contribution in [3.8, 4) is 5.75 Å². The van der Waals surface area contributed by atoms with Gasteiger partial charge in [0.2, 0.25) is 5.91 Å². The fraction of sp³-hybridized carbons (Fsp3) is 0.577. The molecule has 0 saturated heterocycles. The lowest BCUT2D eigenvalue weighted by Crippen LogP contribution is -2.49. The van der Waals surface area contributed by atoms with Gasteiger partial charge in [-0.05, 0) is 62.8 Å². The Bertz CT molecular complexity index is 1410. The average molecular weight is 587 g/mol. The van der Waals surface area contributed by atoms with E-state index in [0.29, 0.717) is 30.7 Å². The molecule has 2 aliphatic rings. The van der Waals surface area contributed by atoms with Crippen LogP contribution in [-0.2, 0) is 39.6 Å². The minimum Gasteiger partial charge on any atom is -0.494 e. The molecular weight excluding hydrogens is 553 g/mol. The summed E-state index contributed by atoms with van der Waals surface area (Å²) in [4.78, 5) is 26.0. The highest BCUT2D eigenvalue weighted by Crippen LogP contribution is 2.44. The summed E-state index contributed by atoms with van der Waals surface area (Å²) in [6, 6.07) is 5.24. The first-order chi connectivity index (χ1) is 18.4. The zero-order chi connectivity index (χ0) is 29.5. The van der Waals surface area contributed by atoms with Gasteiger partial charge in [0.25, 0.3) is 5.91 Å². The Kier molecular flexibility index (Phi) is 7.98. The van der Waals surface area contributed by atoms with Crippen molar-refractivity contribution in [3.63, 3.8) is 0 Å². The lowest BCUT2D eigenvalue weighted by Gasteiger charge is -2.35. The maximum absolute atomic E-state index is 13.5. The van der Waals surface area contributed by atoms with E-state index in [-0.39, 0.29) is 37.4 Å². The second-order valence-electron chi connectivity index (χ2n) is 11.2. The van der Waals surface area contributed by atoms with Gasteiger partial charge in [0.1, 0.15) is 22.9 Å². The maximum atomic E-state index is 13.5. The number of nitrogens with zero attached hydrogens (tertiary/aromatic N) is 2. The van der Waals surface area contributed by atoms with Crippen molar-refractivity contribution < 1.29 is 41.0 Å². The third-order valence-electron chi connectivity index (χ3n) is 6.95. The Morgan fingerprint density at radius 3 is 2.65 bits per heavy atom. The number of carbonyl (C=O) groups is 2. The summed E-state index contributed by atoms with van der Waals surface area (Å²) in [5.41, 5.74) is 0.484. The van der Waals surface area contributed by atoms with Crippen LogP contribution in [0.3, 0.4) is 0 Å². The lowest BCUT2D eigenvalue weighted by atomic mass is 9.82. The molecule has 1 spiro atoms. The molecule has 1 aromatic carbocycles. The summed E-state index contributed by atoms with van der Waals surface area (Å²) in [5, 5.41) is 20.4. The molecule has 0 bridgehead atoms. The number of hydrogen-bond acceptors (Lipinski definition) is 7. The number of nitrogens with one attached hydrogen (secondary N) is 2. The van der Waals surface area contributed by atoms with Gasteiger partial charge < -0.3 is 20.5 Å². The highest BCUT2D eigenvalue weighted by Gasteiger charge is 2.46. The molecule has 3 N–H and O–H groups in total. The highest BCUT2D eigenvalue weighted by atomic mass is 32.2. The van der Waals surface area contributed by atoms with Crippen molar-refractivity contribution in [1.29, 1.82) is 0 Å². The van der Waals surface area contributed by atoms with Crippen LogP contribution >= 0.6 is 0 Å². The molecule has 1 atom stereocenters. The van der Waals surface area contributed by atoms with Crippen molar-refractivity contribution in [3.05, 3.63) is 40.6 Å². The predicted molar refractivity (Wildman–Crippen MR) is 140 cm³/mol. The van der Waals surface area contributed by atoms with Crippen LogP contribution in [0.4, 0.5) is 19.0 Å². The molecule has 1 aliphatic heterocycles. The molecular formula is C26H33F3N4O6S. The number of rotatable bonds is 10. The van der Waals surface area contributed by atoms with Gasteiger partial charge >= 0.3 is 6.18 Å². The van der Waals surface area contributed by atoms with Gasteiger partial charge in [0.15, 0.2) is 9.84 Å². The monoisotopic (exact) mass is 586 g/mol. The molecule has 10 nitrogen and oxygen atoms in total. The third-order valence-corrected chi connectivity index (χ3v) is 7.73. The number of aryl methyl sites for hydroxylation is 2. The van der Waals surface area contributed by atoms with Crippen LogP contribution in [0.15, 0.2) is 18.2 Å². The molecule has 2 heterocycles. The second-order valence-corrected chi connectivity index (χ2v) is 13.3. The van der Waals surface area contributed by atoms with Crippen LogP contribution < -0.4 is 15.4 Å². The molecule has 2 amide bonds. The number of aliphatic hydroxyl groups is 1. The minimum atomic E-state index is -4.23. The van der Waals surface area contributed by atoms with Crippen LogP contribution in [0.1, 0.15) is 66.7 Å². The first-order valence-electron chi connectivity index (χ1n) is 12.9. The van der Waals surface area contributed by atoms with Gasteiger partial charge in [0, 0.05) is 25.6 Å². The van der Waals surface area contributed by atoms with Crippen molar-refractivity contribution in [2.24, 2.45) is 0 Å². The number of aromatic nitrogens is 2. The van der Waals surface area contributed by atoms with Crippen LogP contribution in [0.2, 0.25) is 0 Å². The molecule has 2 aromatic rings. The number of alkyl halides is 3. The van der Waals surface area contributed by atoms with E-state index in [4.69, 9.17) is 4.74 Å². The number of anilines is 1. The molecule has 14 heteroatoms. The van der Waals surface area contributed by atoms with E-state index in [9.17, 15) is 36.3 Å². The van der Waals surface area contributed by atoms with Crippen LogP contribution in [-0.4, -0.2) is 65.5 Å². The van der Waals surface area contributed by atoms with Crippen LogP contribution in [0.5, 0.6) is 5.75 Å². The molecule has 40 heavy (non-hydrogen) atoms. The first-order valence-corrected chi connectivity index (χ1v) is 15.0. The summed E-state index contributed by atoms with van der Waals surface area (Å²) in [7, 11) is -3.62. The zero-order valence-electron chi connectivity index (χ0n) is 22.5. The molecule has 0 fully saturated rings. The van der Waals surface area contributed by atoms with Crippen molar-refractivity contribution >= 4 is 27.5 Å². The fourth-order valence-corrected chi connectivity index (χ4v) is 5.70. The Hall–Kier alpha value is -3.13. The molecule has 0 saturated carbocycles. The predicted octanol–water partition coefficient (Wildman–Crippen LogP) is 2.88. The Morgan fingerprint density at radius 2 is 2.00 bits per heavy atom. The van der Waals surface area contributed by atoms with E-state index < -0.39 is 51.1 Å². The maximum Gasteiger partial charge on any atom is 0.389 e. The van der Waals surface area contributed by atoms with Gasteiger partial charge in [-0.3, -0.25) is 9.59 Å². The van der Waals surface area contributed by atoms with Crippen LogP contribution in [0, 0.1) is 0 Å². The Labute approximate surface area is 230 Å². The molecule has 4 rings (SSSR count). The number of hydrogen-bond donors (Lipinski definition) is 3. The quantitative estimate of drug-likeness (QED) is 0.364. The summed E-state index contributed by atoms with van der Waals surface area (Å²) >= 11 is 0. The SMILES string of the molecule is CC(C)(O)CCn1nc2c(c1NC(=O)CS(C)(=O)=O)C(=O)N[C@@]1(CCc3cc(OCCCC(F)(F)F)ccc31)C2. The molecule has 220 valence electrons. The highest BCUT2D eigenvalue weighted by molar-refractivity contribution is 7.91. The Morgan fingerprint density at radius 1 is 1.27 bits per heavy atom. The summed E-state index contributed by atoms with van der Waals surface area (Å²) < 4.78 is 67.4. The molecule has 0 radical (unpaired) electrons. The number of benzene rings is 1. The van der Waals surface area contributed by atoms with Gasteiger partial charge in [-0.15, -0.1) is 0 Å². The standard InChI is InChI=1S/C26H33F3N4O6S/c1-24(2,36)10-11-33-22(30-20(34)15-40(3,37)38)21-19(32-33)14-25(31-23(21)35)9-7-16-13-17(5-6-18(16)25)39-12-4-8-26(27,28)29/h5-6,13,36H,4,7-12,14-15H2,1-3H3,(H,30,34)(H,31,35)/t25-/m0/s1. The lowest BCUT2D eigenvalue weighted by molar-refractivity contribution is -0.136. The number of amides is 2. The van der Waals surface area contributed by atoms with Gasteiger partial charge in [-0.2, -0.15) is 18.3 Å². The van der Waals surface area contributed by atoms with Gasteiger partial charge in [-0.1, -0.05) is 6.07 Å². The van der Waals surface area contributed by atoms with Crippen molar-refractivity contribution in [1.82, 2.24) is 15.1 Å². The zero-order valence-corrected chi connectivity index (χ0v) is 23.3. The van der Waals surface area contributed by atoms with E-state index in [1.54, 1.807) is 32.0 Å². The number of halogens is 3. The molecule has 1 aromatic heterocycles. The van der Waals surface area contributed by atoms with Crippen molar-refractivity contribution in [2.75, 3.05) is 23.9 Å². The normalized spacial score (nSPS) is 18.8. The van der Waals surface area contributed by atoms with Crippen LogP contribution in [0.25, 0.3) is 0 Å². The summed E-state index contributed by atoms with van der Waals surface area (Å²) in [6.45, 7) is 3.32. The smallest absolute Gasteiger partial charge is 0.389 e. The molecule has 0 unspecified atom stereocenters. The molecule has 1 aliphatic carbocycles. The Balaban J connectivity index is 1.59.